The molecule has 0 atom stereocenters. The Morgan fingerprint density at radius 3 is 2.50 bits per heavy atom. The van der Waals surface area contributed by atoms with Gasteiger partial charge in [0, 0.05) is 12.1 Å². The number of hydrogen-bond acceptors (Lipinski definition) is 2. The van der Waals surface area contributed by atoms with E-state index in [0.717, 1.165) is 6.54 Å². The lowest BCUT2D eigenvalue weighted by atomic mass is 10.1. The molecule has 3 heteroatoms. The van der Waals surface area contributed by atoms with Crippen molar-refractivity contribution in [1.29, 1.82) is 0 Å². The Morgan fingerprint density at radius 2 is 1.89 bits per heavy atom. The predicted molar refractivity (Wildman–Crippen MR) is 75.5 cm³/mol. The minimum Gasteiger partial charge on any atom is -0.350 e. The monoisotopic (exact) mass is 248 g/mol. The van der Waals surface area contributed by atoms with Gasteiger partial charge in [-0.1, -0.05) is 23.8 Å². The van der Waals surface area contributed by atoms with Crippen molar-refractivity contribution in [3.05, 3.63) is 34.9 Å². The number of nitrogens with one attached hydrogen (secondary N) is 2. The molecule has 0 aliphatic rings. The fourth-order valence-corrected chi connectivity index (χ4v) is 1.76. The van der Waals surface area contributed by atoms with Gasteiger partial charge in [-0.15, -0.1) is 0 Å². The van der Waals surface area contributed by atoms with Gasteiger partial charge in [0.2, 0.25) is 5.91 Å². The van der Waals surface area contributed by atoms with Crippen LogP contribution in [0.4, 0.5) is 0 Å². The molecule has 0 unspecified atom stereocenters. The van der Waals surface area contributed by atoms with Crippen molar-refractivity contribution in [2.24, 2.45) is 0 Å². The first-order valence-electron chi connectivity index (χ1n) is 6.36. The summed E-state index contributed by atoms with van der Waals surface area (Å²) in [5.41, 5.74) is 3.58. The van der Waals surface area contributed by atoms with Crippen LogP contribution in [0.2, 0.25) is 0 Å². The summed E-state index contributed by atoms with van der Waals surface area (Å²) in [7, 11) is 0. The number of carbonyl (C=O) groups excluding carboxylic acids is 1. The van der Waals surface area contributed by atoms with Crippen LogP contribution in [0.15, 0.2) is 18.2 Å². The summed E-state index contributed by atoms with van der Waals surface area (Å²) in [6.45, 7) is 11.2. The van der Waals surface area contributed by atoms with Gasteiger partial charge in [-0.05, 0) is 45.7 Å². The van der Waals surface area contributed by atoms with Crippen LogP contribution in [0.1, 0.15) is 37.5 Å². The van der Waals surface area contributed by atoms with E-state index in [-0.39, 0.29) is 11.4 Å². The van der Waals surface area contributed by atoms with Crippen molar-refractivity contribution in [2.45, 2.75) is 46.7 Å². The summed E-state index contributed by atoms with van der Waals surface area (Å²) in [6, 6.07) is 6.37. The Labute approximate surface area is 110 Å². The third kappa shape index (κ3) is 5.32. The maximum absolute atomic E-state index is 11.6. The molecule has 1 amide bonds. The summed E-state index contributed by atoms with van der Waals surface area (Å²) in [6.07, 6.45) is 0. The summed E-state index contributed by atoms with van der Waals surface area (Å²) < 4.78 is 0. The van der Waals surface area contributed by atoms with Gasteiger partial charge in [-0.25, -0.2) is 0 Å². The Bertz CT molecular complexity index is 419. The fraction of sp³-hybridized carbons (Fsp3) is 0.533. The van der Waals surface area contributed by atoms with Gasteiger partial charge in [0.05, 0.1) is 6.54 Å². The molecule has 0 saturated heterocycles. The molecule has 0 saturated carbocycles. The van der Waals surface area contributed by atoms with Crippen LogP contribution in [0.5, 0.6) is 0 Å². The highest BCUT2D eigenvalue weighted by molar-refractivity contribution is 5.78. The molecule has 0 heterocycles. The van der Waals surface area contributed by atoms with Crippen LogP contribution in [0.3, 0.4) is 0 Å². The highest BCUT2D eigenvalue weighted by Crippen LogP contribution is 2.09. The third-order valence-corrected chi connectivity index (χ3v) is 2.62. The molecule has 0 bridgehead atoms. The van der Waals surface area contributed by atoms with Crippen molar-refractivity contribution < 1.29 is 4.79 Å². The van der Waals surface area contributed by atoms with Crippen molar-refractivity contribution >= 4 is 5.91 Å². The molecule has 0 spiro atoms. The lowest BCUT2D eigenvalue weighted by Crippen LogP contribution is -2.44. The van der Waals surface area contributed by atoms with E-state index < -0.39 is 0 Å². The normalized spacial score (nSPS) is 11.4. The van der Waals surface area contributed by atoms with E-state index in [1.54, 1.807) is 0 Å². The van der Waals surface area contributed by atoms with Crippen LogP contribution in [-0.4, -0.2) is 18.0 Å². The number of amides is 1. The minimum atomic E-state index is -0.169. The lowest BCUT2D eigenvalue weighted by Gasteiger charge is -2.20. The molecule has 0 aliphatic carbocycles. The fourth-order valence-electron chi connectivity index (χ4n) is 1.76. The van der Waals surface area contributed by atoms with Crippen molar-refractivity contribution in [3.63, 3.8) is 0 Å². The Kier molecular flexibility index (Phi) is 4.91. The summed E-state index contributed by atoms with van der Waals surface area (Å²) >= 11 is 0. The molecule has 0 aromatic heterocycles. The predicted octanol–water partition coefficient (Wildman–Crippen LogP) is 2.31. The van der Waals surface area contributed by atoms with Gasteiger partial charge in [0.1, 0.15) is 0 Å². The lowest BCUT2D eigenvalue weighted by molar-refractivity contribution is -0.121. The van der Waals surface area contributed by atoms with Crippen LogP contribution < -0.4 is 10.6 Å². The average molecular weight is 248 g/mol. The van der Waals surface area contributed by atoms with Gasteiger partial charge in [-0.2, -0.15) is 0 Å². The molecule has 0 aliphatic heterocycles. The summed E-state index contributed by atoms with van der Waals surface area (Å²) in [4.78, 5) is 11.6. The number of hydrogen-bond donors (Lipinski definition) is 2. The number of aryl methyl sites for hydroxylation is 2. The first kappa shape index (κ1) is 14.7. The highest BCUT2D eigenvalue weighted by atomic mass is 16.2. The Balaban J connectivity index is 2.42. The molecular formula is C15H24N2O. The maximum Gasteiger partial charge on any atom is 0.234 e. The largest absolute Gasteiger partial charge is 0.350 e. The minimum absolute atomic E-state index is 0.0350. The zero-order valence-corrected chi connectivity index (χ0v) is 12.1. The van der Waals surface area contributed by atoms with Gasteiger partial charge in [-0.3, -0.25) is 4.79 Å². The summed E-state index contributed by atoms with van der Waals surface area (Å²) in [5, 5.41) is 6.11. The SMILES string of the molecule is Cc1ccc(C)c(CNCC(=O)NC(C)(C)C)c1. The highest BCUT2D eigenvalue weighted by Gasteiger charge is 2.12. The molecule has 0 fully saturated rings. The third-order valence-electron chi connectivity index (χ3n) is 2.62. The molecule has 1 aromatic rings. The molecular weight excluding hydrogens is 224 g/mol. The van der Waals surface area contributed by atoms with Gasteiger partial charge < -0.3 is 10.6 Å². The topological polar surface area (TPSA) is 41.1 Å². The van der Waals surface area contributed by atoms with Crippen LogP contribution in [0, 0.1) is 13.8 Å². The molecule has 1 rings (SSSR count). The van der Waals surface area contributed by atoms with Crippen molar-refractivity contribution in [1.82, 2.24) is 10.6 Å². The second-order valence-electron chi connectivity index (χ2n) is 5.83. The molecule has 2 N–H and O–H groups in total. The van der Waals surface area contributed by atoms with Gasteiger partial charge >= 0.3 is 0 Å². The molecule has 1 aromatic carbocycles. The maximum atomic E-state index is 11.6. The second kappa shape index (κ2) is 6.01. The van der Waals surface area contributed by atoms with Gasteiger partial charge in [0.25, 0.3) is 0 Å². The quantitative estimate of drug-likeness (QED) is 0.858. The van der Waals surface area contributed by atoms with Crippen molar-refractivity contribution in [3.8, 4) is 0 Å². The Morgan fingerprint density at radius 1 is 1.22 bits per heavy atom. The first-order chi connectivity index (χ1) is 8.28. The van der Waals surface area contributed by atoms with E-state index in [0.29, 0.717) is 6.54 Å². The molecule has 3 nitrogen and oxygen atoms in total. The van der Waals surface area contributed by atoms with Crippen LogP contribution in [-0.2, 0) is 11.3 Å². The molecule has 18 heavy (non-hydrogen) atoms. The van der Waals surface area contributed by atoms with Gasteiger partial charge in [0.15, 0.2) is 0 Å². The number of carbonyl (C=O) groups is 1. The molecule has 100 valence electrons. The number of rotatable bonds is 4. The zero-order chi connectivity index (χ0) is 13.8. The van der Waals surface area contributed by atoms with E-state index in [2.05, 4.69) is 42.7 Å². The average Bonchev–Trinajstić information content (AvgIpc) is 2.20. The zero-order valence-electron chi connectivity index (χ0n) is 12.1. The smallest absolute Gasteiger partial charge is 0.234 e. The standard InChI is InChI=1S/C15H24N2O/c1-11-6-7-12(2)13(8-11)9-16-10-14(18)17-15(3,4)5/h6-8,16H,9-10H2,1-5H3,(H,17,18). The number of benzene rings is 1. The van der Waals surface area contributed by atoms with Crippen LogP contribution in [0.25, 0.3) is 0 Å². The molecule has 0 radical (unpaired) electrons. The Hall–Kier alpha value is -1.35. The van der Waals surface area contributed by atoms with E-state index >= 15 is 0 Å². The second-order valence-corrected chi connectivity index (χ2v) is 5.83. The summed E-state index contributed by atoms with van der Waals surface area (Å²) in [5.74, 6) is 0.0350. The van der Waals surface area contributed by atoms with E-state index in [9.17, 15) is 4.79 Å². The van der Waals surface area contributed by atoms with E-state index in [1.807, 2.05) is 20.8 Å². The van der Waals surface area contributed by atoms with Crippen molar-refractivity contribution in [2.75, 3.05) is 6.54 Å². The van der Waals surface area contributed by atoms with E-state index in [4.69, 9.17) is 0 Å². The first-order valence-corrected chi connectivity index (χ1v) is 6.36. The van der Waals surface area contributed by atoms with Crippen LogP contribution >= 0.6 is 0 Å². The van der Waals surface area contributed by atoms with E-state index in [1.165, 1.54) is 16.7 Å².